The maximum Gasteiger partial charge on any atom is 0.144 e. The van der Waals surface area contributed by atoms with Gasteiger partial charge in [0.15, 0.2) is 0 Å². The molecule has 1 N–H and O–H groups in total. The highest BCUT2D eigenvalue weighted by molar-refractivity contribution is 9.10. The summed E-state index contributed by atoms with van der Waals surface area (Å²) in [5, 5.41) is 1.11. The normalized spacial score (nSPS) is 27.1. The van der Waals surface area contributed by atoms with Crippen LogP contribution in [0.2, 0.25) is 0 Å². The minimum absolute atomic E-state index is 0.462. The lowest BCUT2D eigenvalue weighted by atomic mass is 10.0. The second-order valence-electron chi connectivity index (χ2n) is 5.75. The summed E-state index contributed by atoms with van der Waals surface area (Å²) < 4.78 is 1.76. The van der Waals surface area contributed by atoms with Crippen molar-refractivity contribution in [1.82, 2.24) is 9.97 Å². The molecule has 2 aliphatic rings. The van der Waals surface area contributed by atoms with Crippen LogP contribution in [-0.2, 0) is 0 Å². The number of nitrogens with one attached hydrogen (secondary N) is 1. The zero-order valence-electron chi connectivity index (χ0n) is 12.2. The quantitative estimate of drug-likeness (QED) is 0.638. The van der Waals surface area contributed by atoms with E-state index < -0.39 is 0 Å². The molecule has 1 aliphatic carbocycles. The van der Waals surface area contributed by atoms with E-state index in [-0.39, 0.29) is 0 Å². The van der Waals surface area contributed by atoms with Crippen molar-refractivity contribution in [2.75, 3.05) is 11.5 Å². The van der Waals surface area contributed by atoms with Crippen molar-refractivity contribution < 1.29 is 0 Å². The van der Waals surface area contributed by atoms with Gasteiger partial charge < -0.3 is 4.98 Å². The van der Waals surface area contributed by atoms with Crippen molar-refractivity contribution >= 4 is 51.7 Å². The molecule has 6 heteroatoms. The van der Waals surface area contributed by atoms with Crippen LogP contribution in [0.4, 0.5) is 0 Å². The predicted molar refractivity (Wildman–Crippen MR) is 100 cm³/mol. The monoisotopic (exact) mass is 404 g/mol. The molecule has 2 fully saturated rings. The van der Waals surface area contributed by atoms with E-state index in [2.05, 4.69) is 39.6 Å². The fourth-order valence-corrected chi connectivity index (χ4v) is 7.01. The van der Waals surface area contributed by atoms with Gasteiger partial charge in [0, 0.05) is 28.4 Å². The van der Waals surface area contributed by atoms with Crippen LogP contribution in [0.3, 0.4) is 0 Å². The largest absolute Gasteiger partial charge is 0.345 e. The molecular formula is C15H21BrN2S3. The zero-order valence-corrected chi connectivity index (χ0v) is 16.3. The molecule has 0 aromatic carbocycles. The Kier molecular flexibility index (Phi) is 5.73. The summed E-state index contributed by atoms with van der Waals surface area (Å²) in [4.78, 5) is 8.38. The molecule has 1 saturated heterocycles. The second-order valence-corrected chi connectivity index (χ2v) is 9.52. The van der Waals surface area contributed by atoms with Crippen molar-refractivity contribution in [2.45, 2.75) is 55.4 Å². The molecular weight excluding hydrogens is 384 g/mol. The number of hydrogen-bond acceptors (Lipinski definition) is 4. The van der Waals surface area contributed by atoms with Gasteiger partial charge in [-0.2, -0.15) is 11.8 Å². The Morgan fingerprint density at radius 3 is 2.71 bits per heavy atom. The van der Waals surface area contributed by atoms with Gasteiger partial charge in [0.2, 0.25) is 0 Å². The van der Waals surface area contributed by atoms with E-state index in [0.29, 0.717) is 16.4 Å². The third-order valence-corrected chi connectivity index (χ3v) is 9.01. The van der Waals surface area contributed by atoms with Gasteiger partial charge in [0.25, 0.3) is 0 Å². The van der Waals surface area contributed by atoms with Crippen LogP contribution < -0.4 is 0 Å². The molecule has 116 valence electrons. The molecule has 2 nitrogen and oxygen atoms in total. The number of thioether (sulfide) groups is 2. The van der Waals surface area contributed by atoms with E-state index in [9.17, 15) is 0 Å². The molecule has 0 spiro atoms. The summed E-state index contributed by atoms with van der Waals surface area (Å²) in [7, 11) is 0. The maximum atomic E-state index is 5.51. The molecule has 2 heterocycles. The number of halogens is 1. The van der Waals surface area contributed by atoms with Gasteiger partial charge in [0.05, 0.1) is 9.72 Å². The molecule has 0 amide bonds. The Morgan fingerprint density at radius 1 is 1.29 bits per heavy atom. The molecule has 2 atom stereocenters. The zero-order chi connectivity index (χ0) is 14.8. The van der Waals surface area contributed by atoms with Crippen LogP contribution in [0, 0.1) is 4.64 Å². The lowest BCUT2D eigenvalue weighted by Gasteiger charge is -2.30. The number of H-pyrrole nitrogens is 1. The van der Waals surface area contributed by atoms with E-state index in [1.807, 2.05) is 11.8 Å². The van der Waals surface area contributed by atoms with Crippen molar-refractivity contribution in [3.63, 3.8) is 0 Å². The molecule has 3 rings (SSSR count). The number of aromatic nitrogens is 2. The minimum atomic E-state index is 0.462. The van der Waals surface area contributed by atoms with Crippen LogP contribution in [0.15, 0.2) is 4.47 Å². The number of rotatable bonds is 3. The first kappa shape index (κ1) is 16.3. The molecule has 1 saturated carbocycles. The third-order valence-electron chi connectivity index (χ3n) is 4.39. The molecule has 1 aromatic rings. The standard InChI is InChI=1S/C15H21BrN2S3/c1-2-10-13(21-8-7-20-10)14-17-12(9-5-3-4-6-9)11(16)15(19)18-14/h9-10,13H,2-8H2,1H3,(H,17,18,19). The van der Waals surface area contributed by atoms with Crippen molar-refractivity contribution in [2.24, 2.45) is 0 Å². The number of hydrogen-bond donors (Lipinski definition) is 1. The van der Waals surface area contributed by atoms with Gasteiger partial charge in [-0.05, 0) is 35.2 Å². The van der Waals surface area contributed by atoms with Gasteiger partial charge in [-0.25, -0.2) is 4.98 Å². The van der Waals surface area contributed by atoms with Crippen molar-refractivity contribution in [3.05, 3.63) is 20.6 Å². The van der Waals surface area contributed by atoms with Gasteiger partial charge >= 0.3 is 0 Å². The fourth-order valence-electron chi connectivity index (χ4n) is 3.28. The first-order chi connectivity index (χ1) is 10.2. The lowest BCUT2D eigenvalue weighted by molar-refractivity contribution is 0.665. The van der Waals surface area contributed by atoms with Crippen molar-refractivity contribution in [1.29, 1.82) is 0 Å². The lowest BCUT2D eigenvalue weighted by Crippen LogP contribution is -2.21. The average Bonchev–Trinajstić information content (AvgIpc) is 3.04. The van der Waals surface area contributed by atoms with E-state index in [1.165, 1.54) is 49.3 Å². The van der Waals surface area contributed by atoms with Gasteiger partial charge in [-0.3, -0.25) is 0 Å². The van der Waals surface area contributed by atoms with E-state index in [4.69, 9.17) is 17.2 Å². The van der Waals surface area contributed by atoms with Crippen molar-refractivity contribution in [3.8, 4) is 0 Å². The predicted octanol–water partition coefficient (Wildman–Crippen LogP) is 5.86. The molecule has 2 unspecified atom stereocenters. The van der Waals surface area contributed by atoms with Crippen LogP contribution >= 0.6 is 51.7 Å². The minimum Gasteiger partial charge on any atom is -0.345 e. The van der Waals surface area contributed by atoms with E-state index in [1.54, 1.807) is 0 Å². The van der Waals surface area contributed by atoms with E-state index in [0.717, 1.165) is 14.9 Å². The Balaban J connectivity index is 1.96. The van der Waals surface area contributed by atoms with Crippen LogP contribution in [0.1, 0.15) is 61.7 Å². The van der Waals surface area contributed by atoms with Gasteiger partial charge in [-0.1, -0.05) is 32.0 Å². The van der Waals surface area contributed by atoms with Crippen LogP contribution in [0.25, 0.3) is 0 Å². The molecule has 21 heavy (non-hydrogen) atoms. The Labute approximate surface area is 148 Å². The van der Waals surface area contributed by atoms with Crippen LogP contribution in [0.5, 0.6) is 0 Å². The molecule has 0 radical (unpaired) electrons. The summed E-state index contributed by atoms with van der Waals surface area (Å²) in [6.45, 7) is 2.28. The molecule has 1 aromatic heterocycles. The molecule has 0 bridgehead atoms. The third kappa shape index (κ3) is 3.54. The number of nitrogens with zero attached hydrogens (tertiary/aromatic N) is 1. The van der Waals surface area contributed by atoms with E-state index >= 15 is 0 Å². The maximum absolute atomic E-state index is 5.51. The topological polar surface area (TPSA) is 28.7 Å². The first-order valence-electron chi connectivity index (χ1n) is 7.73. The average molecular weight is 405 g/mol. The highest BCUT2D eigenvalue weighted by Gasteiger charge is 2.30. The second kappa shape index (κ2) is 7.37. The highest BCUT2D eigenvalue weighted by atomic mass is 79.9. The first-order valence-corrected chi connectivity index (χ1v) is 11.0. The SMILES string of the molecule is CCC1SCCSC1c1nc(=S)c(Br)c(C2CCCC2)[nH]1. The van der Waals surface area contributed by atoms with Gasteiger partial charge in [0.1, 0.15) is 10.5 Å². The summed E-state index contributed by atoms with van der Waals surface area (Å²) in [6, 6.07) is 0. The van der Waals surface area contributed by atoms with Crippen LogP contribution in [-0.4, -0.2) is 26.7 Å². The fraction of sp³-hybridized carbons (Fsp3) is 0.733. The summed E-state index contributed by atoms with van der Waals surface area (Å²) in [5.41, 5.74) is 1.30. The Morgan fingerprint density at radius 2 is 2.00 bits per heavy atom. The Bertz CT molecular complexity index is 554. The van der Waals surface area contributed by atoms with Gasteiger partial charge in [-0.15, -0.1) is 11.8 Å². The summed E-state index contributed by atoms with van der Waals surface area (Å²) in [6.07, 6.45) is 6.41. The smallest absolute Gasteiger partial charge is 0.144 e. The Hall–Kier alpha value is 0.480. The molecule has 1 aliphatic heterocycles. The summed E-state index contributed by atoms with van der Waals surface area (Å²) >= 11 is 13.3. The number of aromatic amines is 1. The highest BCUT2D eigenvalue weighted by Crippen LogP contribution is 2.44. The summed E-state index contributed by atoms with van der Waals surface area (Å²) in [5.74, 6) is 4.20.